The van der Waals surface area contributed by atoms with Gasteiger partial charge in [-0.15, -0.1) is 0 Å². The highest BCUT2D eigenvalue weighted by atomic mass is 14.9. The van der Waals surface area contributed by atoms with Gasteiger partial charge in [-0.3, -0.25) is 0 Å². The van der Waals surface area contributed by atoms with E-state index in [0.717, 1.165) is 19.4 Å². The summed E-state index contributed by atoms with van der Waals surface area (Å²) in [6.07, 6.45) is 9.12. The molecule has 1 heteroatoms. The lowest BCUT2D eigenvalue weighted by Crippen LogP contribution is -1.93. The molecule has 0 amide bonds. The molecule has 0 bridgehead atoms. The smallest absolute Gasteiger partial charge is 0.0483 e. The third-order valence-electron chi connectivity index (χ3n) is 3.41. The first-order chi connectivity index (χ1) is 9.16. The first kappa shape index (κ1) is 13.7. The summed E-state index contributed by atoms with van der Waals surface area (Å²) in [5.41, 5.74) is 4.19. The molecule has 0 aliphatic heterocycles. The second kappa shape index (κ2) is 6.42. The van der Waals surface area contributed by atoms with Crippen LogP contribution in [0.4, 0.5) is 0 Å². The lowest BCUT2D eigenvalue weighted by molar-refractivity contribution is 0.841. The Balaban J connectivity index is 1.99. The van der Waals surface area contributed by atoms with E-state index in [-0.39, 0.29) is 0 Å². The molecule has 2 aromatic rings. The molecule has 19 heavy (non-hydrogen) atoms. The van der Waals surface area contributed by atoms with Crippen molar-refractivity contribution in [1.29, 1.82) is 0 Å². The Bertz CT molecular complexity index is 595. The largest absolute Gasteiger partial charge is 0.344 e. The number of hydrogen-bond donors (Lipinski definition) is 0. The van der Waals surface area contributed by atoms with Crippen LogP contribution in [0.1, 0.15) is 33.6 Å². The van der Waals surface area contributed by atoms with Crippen LogP contribution in [0.3, 0.4) is 0 Å². The molecule has 1 aromatic carbocycles. The summed E-state index contributed by atoms with van der Waals surface area (Å²) in [4.78, 5) is 0. The SMILES string of the molecule is CC(C)=CCC/C(C)=C/Cn1ccc2ccccc21. The zero-order valence-corrected chi connectivity index (χ0v) is 12.2. The van der Waals surface area contributed by atoms with Crippen LogP contribution in [0.15, 0.2) is 59.8 Å². The maximum Gasteiger partial charge on any atom is 0.0483 e. The van der Waals surface area contributed by atoms with Gasteiger partial charge in [0.2, 0.25) is 0 Å². The summed E-state index contributed by atoms with van der Waals surface area (Å²) in [6.45, 7) is 7.51. The minimum Gasteiger partial charge on any atom is -0.344 e. The Kier molecular flexibility index (Phi) is 4.62. The van der Waals surface area contributed by atoms with Gasteiger partial charge in [0.05, 0.1) is 0 Å². The molecule has 100 valence electrons. The van der Waals surface area contributed by atoms with Gasteiger partial charge in [0.25, 0.3) is 0 Å². The van der Waals surface area contributed by atoms with Crippen LogP contribution in [0, 0.1) is 0 Å². The highest BCUT2D eigenvalue weighted by molar-refractivity contribution is 5.79. The van der Waals surface area contributed by atoms with Crippen LogP contribution >= 0.6 is 0 Å². The van der Waals surface area contributed by atoms with Crippen LogP contribution in [-0.4, -0.2) is 4.57 Å². The predicted molar refractivity (Wildman–Crippen MR) is 84.4 cm³/mol. The summed E-state index contributed by atoms with van der Waals surface area (Å²) in [7, 11) is 0. The lowest BCUT2D eigenvalue weighted by Gasteiger charge is -2.03. The number of hydrogen-bond acceptors (Lipinski definition) is 0. The molecule has 0 aliphatic rings. The van der Waals surface area contributed by atoms with Crippen LogP contribution in [0.25, 0.3) is 10.9 Å². The van der Waals surface area contributed by atoms with Crippen molar-refractivity contribution >= 4 is 10.9 Å². The van der Waals surface area contributed by atoms with Crippen molar-refractivity contribution in [3.63, 3.8) is 0 Å². The van der Waals surface area contributed by atoms with E-state index in [1.54, 1.807) is 0 Å². The van der Waals surface area contributed by atoms with Gasteiger partial charge in [-0.2, -0.15) is 0 Å². The van der Waals surface area contributed by atoms with Crippen LogP contribution < -0.4 is 0 Å². The number of rotatable bonds is 5. The van der Waals surface area contributed by atoms with E-state index in [9.17, 15) is 0 Å². The average Bonchev–Trinajstić information content (AvgIpc) is 2.79. The van der Waals surface area contributed by atoms with E-state index in [2.05, 4.69) is 74.0 Å². The van der Waals surface area contributed by atoms with Crippen LogP contribution in [0.5, 0.6) is 0 Å². The molecule has 0 radical (unpaired) electrons. The molecular formula is C18H23N. The fraction of sp³-hybridized carbons (Fsp3) is 0.333. The van der Waals surface area contributed by atoms with Crippen LogP contribution in [-0.2, 0) is 6.54 Å². The summed E-state index contributed by atoms with van der Waals surface area (Å²) in [6, 6.07) is 10.7. The van der Waals surface area contributed by atoms with Gasteiger partial charge < -0.3 is 4.57 Å². The molecule has 0 fully saturated rings. The Labute approximate surface area is 116 Å². The molecule has 1 heterocycles. The van der Waals surface area contributed by atoms with Crippen molar-refractivity contribution in [2.45, 2.75) is 40.2 Å². The summed E-state index contributed by atoms with van der Waals surface area (Å²) in [5, 5.41) is 1.32. The molecule has 0 aliphatic carbocycles. The average molecular weight is 253 g/mol. The minimum absolute atomic E-state index is 0.966. The topological polar surface area (TPSA) is 4.93 Å². The van der Waals surface area contributed by atoms with E-state index >= 15 is 0 Å². The van der Waals surface area contributed by atoms with Gasteiger partial charge in [0, 0.05) is 18.3 Å². The van der Waals surface area contributed by atoms with Crippen molar-refractivity contribution in [3.8, 4) is 0 Å². The molecule has 2 rings (SSSR count). The van der Waals surface area contributed by atoms with Gasteiger partial charge in [-0.25, -0.2) is 0 Å². The van der Waals surface area contributed by atoms with Crippen LogP contribution in [0.2, 0.25) is 0 Å². The lowest BCUT2D eigenvalue weighted by atomic mass is 10.1. The number of para-hydroxylation sites is 1. The zero-order chi connectivity index (χ0) is 13.7. The van der Waals surface area contributed by atoms with Gasteiger partial charge in [-0.05, 0) is 51.1 Å². The Morgan fingerprint density at radius 2 is 1.84 bits per heavy atom. The molecule has 0 saturated carbocycles. The predicted octanol–water partition coefficient (Wildman–Crippen LogP) is 5.33. The van der Waals surface area contributed by atoms with Gasteiger partial charge in [-0.1, -0.05) is 41.5 Å². The Morgan fingerprint density at radius 1 is 1.05 bits per heavy atom. The molecule has 1 aromatic heterocycles. The van der Waals surface area contributed by atoms with E-state index in [1.165, 1.54) is 22.0 Å². The number of aromatic nitrogens is 1. The van der Waals surface area contributed by atoms with Gasteiger partial charge >= 0.3 is 0 Å². The number of benzene rings is 1. The minimum atomic E-state index is 0.966. The third-order valence-corrected chi connectivity index (χ3v) is 3.41. The van der Waals surface area contributed by atoms with E-state index in [1.807, 2.05) is 0 Å². The monoisotopic (exact) mass is 253 g/mol. The summed E-state index contributed by atoms with van der Waals surface area (Å²) in [5.74, 6) is 0. The van der Waals surface area contributed by atoms with Crippen molar-refractivity contribution in [1.82, 2.24) is 4.57 Å². The van der Waals surface area contributed by atoms with Crippen molar-refractivity contribution in [3.05, 3.63) is 59.8 Å². The van der Waals surface area contributed by atoms with E-state index in [4.69, 9.17) is 0 Å². The van der Waals surface area contributed by atoms with Crippen molar-refractivity contribution in [2.24, 2.45) is 0 Å². The third kappa shape index (κ3) is 3.85. The quantitative estimate of drug-likeness (QED) is 0.634. The number of nitrogens with zero attached hydrogens (tertiary/aromatic N) is 1. The highest BCUT2D eigenvalue weighted by Gasteiger charge is 1.98. The first-order valence-electron chi connectivity index (χ1n) is 6.99. The second-order valence-electron chi connectivity index (χ2n) is 5.40. The number of allylic oxidation sites excluding steroid dienone is 4. The maximum atomic E-state index is 2.34. The van der Waals surface area contributed by atoms with Crippen molar-refractivity contribution < 1.29 is 0 Å². The van der Waals surface area contributed by atoms with Gasteiger partial charge in [0.15, 0.2) is 0 Å². The number of fused-ring (bicyclic) bond motifs is 1. The highest BCUT2D eigenvalue weighted by Crippen LogP contribution is 2.15. The Morgan fingerprint density at radius 3 is 2.63 bits per heavy atom. The Hall–Kier alpha value is -1.76. The zero-order valence-electron chi connectivity index (χ0n) is 12.2. The molecule has 0 saturated heterocycles. The molecule has 0 unspecified atom stereocenters. The van der Waals surface area contributed by atoms with E-state index < -0.39 is 0 Å². The second-order valence-corrected chi connectivity index (χ2v) is 5.40. The van der Waals surface area contributed by atoms with Gasteiger partial charge in [0.1, 0.15) is 0 Å². The molecule has 0 atom stereocenters. The fourth-order valence-corrected chi connectivity index (χ4v) is 2.24. The maximum absolute atomic E-state index is 2.34. The van der Waals surface area contributed by atoms with E-state index in [0.29, 0.717) is 0 Å². The standard InChI is InChI=1S/C18H23N/c1-15(2)7-6-8-16(3)11-13-19-14-12-17-9-4-5-10-18(17)19/h4-5,7,9-12,14H,6,8,13H2,1-3H3/b16-11+. The molecule has 0 spiro atoms. The summed E-state index contributed by atoms with van der Waals surface area (Å²) >= 11 is 0. The fourth-order valence-electron chi connectivity index (χ4n) is 2.24. The summed E-state index contributed by atoms with van der Waals surface area (Å²) < 4.78 is 2.31. The molecule has 1 nitrogen and oxygen atoms in total. The molecule has 0 N–H and O–H groups in total. The molecular weight excluding hydrogens is 230 g/mol. The normalized spacial score (nSPS) is 11.8. The first-order valence-corrected chi connectivity index (χ1v) is 6.99. The van der Waals surface area contributed by atoms with Crippen molar-refractivity contribution in [2.75, 3.05) is 0 Å².